The molecule has 0 amide bonds. The van der Waals surface area contributed by atoms with Crippen LogP contribution in [0.25, 0.3) is 32.3 Å². The molecule has 0 aliphatic carbocycles. The van der Waals surface area contributed by atoms with Gasteiger partial charge in [0.2, 0.25) is 0 Å². The summed E-state index contributed by atoms with van der Waals surface area (Å²) in [5.74, 6) is 0. The number of para-hydroxylation sites is 3. The molecule has 10 aromatic carbocycles. The summed E-state index contributed by atoms with van der Waals surface area (Å²) in [4.78, 5) is 7.14. The van der Waals surface area contributed by atoms with Crippen molar-refractivity contribution in [1.29, 1.82) is 0 Å². The highest BCUT2D eigenvalue weighted by Crippen LogP contribution is 2.46. The second-order valence-corrected chi connectivity index (χ2v) is 14.3. The molecular formula is C54H39N3. The Balaban J connectivity index is 1.27. The molecule has 57 heavy (non-hydrogen) atoms. The number of rotatable bonds is 9. The third-order valence-corrected chi connectivity index (χ3v) is 10.7. The lowest BCUT2D eigenvalue weighted by molar-refractivity contribution is 1.23. The largest absolute Gasteiger partial charge is 0.310 e. The smallest absolute Gasteiger partial charge is 0.0503 e. The van der Waals surface area contributed by atoms with Gasteiger partial charge in [0.1, 0.15) is 0 Å². The number of fused-ring (bicyclic) bond motifs is 3. The molecule has 270 valence electrons. The molecule has 0 atom stereocenters. The van der Waals surface area contributed by atoms with E-state index in [9.17, 15) is 0 Å². The van der Waals surface area contributed by atoms with Gasteiger partial charge in [-0.25, -0.2) is 0 Å². The minimum Gasteiger partial charge on any atom is -0.310 e. The minimum absolute atomic E-state index is 1.03. The molecule has 0 aliphatic heterocycles. The van der Waals surface area contributed by atoms with Gasteiger partial charge in [-0.3, -0.25) is 0 Å². The maximum Gasteiger partial charge on any atom is 0.0503 e. The second-order valence-electron chi connectivity index (χ2n) is 14.3. The molecule has 0 N–H and O–H groups in total. The third kappa shape index (κ3) is 6.73. The van der Waals surface area contributed by atoms with Crippen molar-refractivity contribution in [2.75, 3.05) is 14.7 Å². The highest BCUT2D eigenvalue weighted by Gasteiger charge is 2.22. The van der Waals surface area contributed by atoms with E-state index < -0.39 is 0 Å². The monoisotopic (exact) mass is 729 g/mol. The van der Waals surface area contributed by atoms with Crippen LogP contribution in [0.5, 0.6) is 0 Å². The average Bonchev–Trinajstić information content (AvgIpc) is 3.28. The Morgan fingerprint density at radius 1 is 0.158 bits per heavy atom. The minimum atomic E-state index is 1.03. The lowest BCUT2D eigenvalue weighted by Crippen LogP contribution is -2.16. The maximum absolute atomic E-state index is 2.38. The number of anilines is 9. The van der Waals surface area contributed by atoms with Gasteiger partial charge in [0.15, 0.2) is 0 Å². The predicted molar refractivity (Wildman–Crippen MR) is 243 cm³/mol. The zero-order valence-electron chi connectivity index (χ0n) is 31.4. The Morgan fingerprint density at radius 3 is 0.684 bits per heavy atom. The Morgan fingerprint density at radius 2 is 0.404 bits per heavy atom. The van der Waals surface area contributed by atoms with Crippen LogP contribution in [-0.2, 0) is 0 Å². The highest BCUT2D eigenvalue weighted by atomic mass is 15.2. The molecule has 0 aliphatic rings. The zero-order valence-corrected chi connectivity index (χ0v) is 31.4. The fraction of sp³-hybridized carbons (Fsp3) is 0. The van der Waals surface area contributed by atoms with E-state index in [0.29, 0.717) is 0 Å². The molecule has 0 fully saturated rings. The fourth-order valence-electron chi connectivity index (χ4n) is 7.99. The van der Waals surface area contributed by atoms with E-state index in [1.165, 1.54) is 32.3 Å². The molecule has 3 heteroatoms. The summed E-state index contributed by atoms with van der Waals surface area (Å²) < 4.78 is 0. The number of benzene rings is 10. The fourth-order valence-corrected chi connectivity index (χ4v) is 7.99. The molecule has 0 saturated carbocycles. The lowest BCUT2D eigenvalue weighted by atomic mass is 10.1. The first kappa shape index (κ1) is 33.9. The molecule has 0 bridgehead atoms. The molecule has 0 saturated heterocycles. The first-order chi connectivity index (χ1) is 28.2. The SMILES string of the molecule is c1ccc(N(c2cc(N(c3ccccc3)c3ccc4ccccc4c3)cc(N(c3ccccc3)c3ccc4ccccc4c3)c2)c2ccc3ccccc3c2)cc1. The summed E-state index contributed by atoms with van der Waals surface area (Å²) in [6.45, 7) is 0. The highest BCUT2D eigenvalue weighted by molar-refractivity contribution is 5.95. The molecule has 0 radical (unpaired) electrons. The molecule has 0 spiro atoms. The number of hydrogen-bond acceptors (Lipinski definition) is 3. The lowest BCUT2D eigenvalue weighted by Gasteiger charge is -2.33. The second kappa shape index (κ2) is 14.9. The number of hydrogen-bond donors (Lipinski definition) is 0. The molecular weight excluding hydrogens is 691 g/mol. The normalized spacial score (nSPS) is 11.2. The van der Waals surface area contributed by atoms with Gasteiger partial charge in [0.05, 0.1) is 17.1 Å². The van der Waals surface area contributed by atoms with Crippen molar-refractivity contribution < 1.29 is 0 Å². The Bertz CT molecular complexity index is 2640. The van der Waals surface area contributed by atoms with Crippen LogP contribution in [0.4, 0.5) is 51.2 Å². The average molecular weight is 730 g/mol. The van der Waals surface area contributed by atoms with E-state index in [0.717, 1.165) is 51.2 Å². The number of nitrogens with zero attached hydrogens (tertiary/aromatic N) is 3. The Labute approximate surface area is 333 Å². The standard InChI is InChI=1S/C54H39N3/c1-4-22-46(23-5-1)55(49-31-28-40-16-10-13-19-43(40)34-49)52-37-53(56(47-24-6-2-7-25-47)50-32-29-41-17-11-14-20-44(41)35-50)39-54(38-52)57(48-26-8-3-9-27-48)51-33-30-42-18-12-15-21-45(42)36-51/h1-39H. The van der Waals surface area contributed by atoms with Gasteiger partial charge in [0, 0.05) is 34.1 Å². The topological polar surface area (TPSA) is 9.72 Å². The van der Waals surface area contributed by atoms with E-state index in [4.69, 9.17) is 0 Å². The molecule has 10 aromatic rings. The van der Waals surface area contributed by atoms with Crippen LogP contribution in [0.1, 0.15) is 0 Å². The van der Waals surface area contributed by atoms with E-state index >= 15 is 0 Å². The Hall–Kier alpha value is -7.62. The van der Waals surface area contributed by atoms with Gasteiger partial charge in [-0.15, -0.1) is 0 Å². The van der Waals surface area contributed by atoms with Crippen molar-refractivity contribution in [2.45, 2.75) is 0 Å². The summed E-state index contributed by atoms with van der Waals surface area (Å²) >= 11 is 0. The first-order valence-corrected chi connectivity index (χ1v) is 19.4. The van der Waals surface area contributed by atoms with Crippen molar-refractivity contribution in [2.24, 2.45) is 0 Å². The van der Waals surface area contributed by atoms with Crippen molar-refractivity contribution >= 4 is 83.5 Å². The van der Waals surface area contributed by atoms with Gasteiger partial charge in [0.25, 0.3) is 0 Å². The van der Waals surface area contributed by atoms with Gasteiger partial charge in [-0.05, 0) is 123 Å². The van der Waals surface area contributed by atoms with Crippen LogP contribution in [0.15, 0.2) is 237 Å². The molecule has 0 aromatic heterocycles. The maximum atomic E-state index is 2.38. The van der Waals surface area contributed by atoms with Gasteiger partial charge >= 0.3 is 0 Å². The summed E-state index contributed by atoms with van der Waals surface area (Å²) in [5.41, 5.74) is 9.57. The molecule has 3 nitrogen and oxygen atoms in total. The van der Waals surface area contributed by atoms with Crippen molar-refractivity contribution in [3.63, 3.8) is 0 Å². The van der Waals surface area contributed by atoms with Crippen LogP contribution >= 0.6 is 0 Å². The van der Waals surface area contributed by atoms with Crippen molar-refractivity contribution in [3.05, 3.63) is 237 Å². The van der Waals surface area contributed by atoms with Crippen LogP contribution in [0.3, 0.4) is 0 Å². The van der Waals surface area contributed by atoms with Gasteiger partial charge in [-0.2, -0.15) is 0 Å². The van der Waals surface area contributed by atoms with E-state index in [1.54, 1.807) is 0 Å². The molecule has 0 unspecified atom stereocenters. The van der Waals surface area contributed by atoms with Crippen molar-refractivity contribution in [3.8, 4) is 0 Å². The summed E-state index contributed by atoms with van der Waals surface area (Å²) in [6, 6.07) is 85.1. The van der Waals surface area contributed by atoms with Crippen molar-refractivity contribution in [1.82, 2.24) is 0 Å². The van der Waals surface area contributed by atoms with E-state index in [-0.39, 0.29) is 0 Å². The zero-order chi connectivity index (χ0) is 38.0. The van der Waals surface area contributed by atoms with Crippen LogP contribution in [0, 0.1) is 0 Å². The molecule has 0 heterocycles. The van der Waals surface area contributed by atoms with Crippen LogP contribution < -0.4 is 14.7 Å². The summed E-state index contributed by atoms with van der Waals surface area (Å²) in [5, 5.41) is 7.20. The van der Waals surface area contributed by atoms with Gasteiger partial charge in [-0.1, -0.05) is 146 Å². The first-order valence-electron chi connectivity index (χ1n) is 19.4. The summed E-state index contributed by atoms with van der Waals surface area (Å²) in [7, 11) is 0. The third-order valence-electron chi connectivity index (χ3n) is 10.7. The van der Waals surface area contributed by atoms with E-state index in [1.807, 2.05) is 0 Å². The Kier molecular flexibility index (Phi) is 8.86. The van der Waals surface area contributed by atoms with E-state index in [2.05, 4.69) is 251 Å². The summed E-state index contributed by atoms with van der Waals surface area (Å²) in [6.07, 6.45) is 0. The van der Waals surface area contributed by atoms with Gasteiger partial charge < -0.3 is 14.7 Å². The van der Waals surface area contributed by atoms with Crippen LogP contribution in [0.2, 0.25) is 0 Å². The van der Waals surface area contributed by atoms with Crippen LogP contribution in [-0.4, -0.2) is 0 Å². The predicted octanol–water partition coefficient (Wildman–Crippen LogP) is 15.6. The quantitative estimate of drug-likeness (QED) is 0.146. The molecule has 10 rings (SSSR count).